The van der Waals surface area contributed by atoms with E-state index in [0.717, 1.165) is 31.9 Å². The number of urea groups is 1. The number of amides is 2. The second-order valence-electron chi connectivity index (χ2n) is 4.63. The number of piperazine rings is 1. The molecule has 1 aromatic rings. The maximum atomic E-state index is 11.8. The molecule has 104 valence electrons. The second-order valence-corrected chi connectivity index (χ2v) is 4.63. The van der Waals surface area contributed by atoms with Crippen LogP contribution in [0.4, 0.5) is 4.79 Å². The van der Waals surface area contributed by atoms with Crippen LogP contribution in [-0.4, -0.2) is 50.3 Å². The number of nitrogens with one attached hydrogen (secondary N) is 2. The van der Waals surface area contributed by atoms with E-state index in [1.807, 2.05) is 36.1 Å². The third kappa shape index (κ3) is 4.44. The summed E-state index contributed by atoms with van der Waals surface area (Å²) in [4.78, 5) is 13.6. The third-order valence-corrected chi connectivity index (χ3v) is 3.04. The minimum atomic E-state index is -0.00524. The van der Waals surface area contributed by atoms with Gasteiger partial charge in [-0.25, -0.2) is 4.79 Å². The molecule has 0 saturated carbocycles. The summed E-state index contributed by atoms with van der Waals surface area (Å²) in [6.45, 7) is 6.31. The summed E-state index contributed by atoms with van der Waals surface area (Å²) in [7, 11) is 0. The minimum absolute atomic E-state index is 0.00524. The van der Waals surface area contributed by atoms with Crippen LogP contribution in [0.1, 0.15) is 5.56 Å². The molecule has 1 heterocycles. The number of nitrogens with zero attached hydrogens (tertiary/aromatic N) is 1. The summed E-state index contributed by atoms with van der Waals surface area (Å²) in [6.07, 6.45) is 0. The first-order valence-electron chi connectivity index (χ1n) is 6.69. The third-order valence-electron chi connectivity index (χ3n) is 3.04. The van der Waals surface area contributed by atoms with Gasteiger partial charge < -0.3 is 20.3 Å². The molecule has 1 aliphatic rings. The lowest BCUT2D eigenvalue weighted by Crippen LogP contribution is -2.50. The van der Waals surface area contributed by atoms with E-state index in [1.165, 1.54) is 5.56 Å². The summed E-state index contributed by atoms with van der Waals surface area (Å²) >= 11 is 0. The zero-order chi connectivity index (χ0) is 13.5. The van der Waals surface area contributed by atoms with E-state index in [9.17, 15) is 4.79 Å². The average molecular weight is 263 g/mol. The Bertz CT molecular complexity index is 417. The van der Waals surface area contributed by atoms with Crippen LogP contribution in [0.25, 0.3) is 0 Å². The quantitative estimate of drug-likeness (QED) is 0.797. The lowest BCUT2D eigenvalue weighted by Gasteiger charge is -2.27. The van der Waals surface area contributed by atoms with Crippen molar-refractivity contribution in [1.82, 2.24) is 15.5 Å². The summed E-state index contributed by atoms with van der Waals surface area (Å²) in [6, 6.07) is 7.89. The van der Waals surface area contributed by atoms with E-state index in [-0.39, 0.29) is 6.03 Å². The molecule has 0 spiro atoms. The molecule has 0 aromatic heterocycles. The standard InChI is InChI=1S/C14H21N3O2/c1-12-3-2-4-13(11-12)19-10-7-16-14(18)17-8-5-15-6-9-17/h2-4,11,15H,5-10H2,1H3,(H,16,18). The van der Waals surface area contributed by atoms with Gasteiger partial charge in [-0.3, -0.25) is 0 Å². The van der Waals surface area contributed by atoms with E-state index >= 15 is 0 Å². The van der Waals surface area contributed by atoms with Crippen molar-refractivity contribution >= 4 is 6.03 Å². The van der Waals surface area contributed by atoms with Crippen LogP contribution in [0.15, 0.2) is 24.3 Å². The smallest absolute Gasteiger partial charge is 0.317 e. The minimum Gasteiger partial charge on any atom is -0.492 e. The summed E-state index contributed by atoms with van der Waals surface area (Å²) < 4.78 is 5.58. The number of carbonyl (C=O) groups excluding carboxylic acids is 1. The molecule has 2 N–H and O–H groups in total. The number of ether oxygens (including phenoxy) is 1. The first kappa shape index (κ1) is 13.7. The molecule has 2 rings (SSSR count). The van der Waals surface area contributed by atoms with Gasteiger partial charge in [0.25, 0.3) is 0 Å². The van der Waals surface area contributed by atoms with Gasteiger partial charge >= 0.3 is 6.03 Å². The van der Waals surface area contributed by atoms with Crippen LogP contribution < -0.4 is 15.4 Å². The van der Waals surface area contributed by atoms with Crippen LogP contribution in [0.5, 0.6) is 5.75 Å². The molecule has 1 aromatic carbocycles. The number of hydrogen-bond acceptors (Lipinski definition) is 3. The Morgan fingerprint density at radius 2 is 2.21 bits per heavy atom. The van der Waals surface area contributed by atoms with Gasteiger partial charge in [-0.2, -0.15) is 0 Å². The van der Waals surface area contributed by atoms with Crippen LogP contribution >= 0.6 is 0 Å². The summed E-state index contributed by atoms with van der Waals surface area (Å²) in [5.74, 6) is 0.844. The molecule has 5 heteroatoms. The van der Waals surface area contributed by atoms with E-state index in [1.54, 1.807) is 0 Å². The molecule has 2 amide bonds. The first-order chi connectivity index (χ1) is 9.25. The zero-order valence-electron chi connectivity index (χ0n) is 11.3. The molecule has 0 bridgehead atoms. The lowest BCUT2D eigenvalue weighted by molar-refractivity contribution is 0.187. The highest BCUT2D eigenvalue weighted by Gasteiger charge is 2.14. The van der Waals surface area contributed by atoms with Crippen LogP contribution in [0.3, 0.4) is 0 Å². The molecular formula is C14H21N3O2. The van der Waals surface area contributed by atoms with Gasteiger partial charge in [0.2, 0.25) is 0 Å². The average Bonchev–Trinajstić information content (AvgIpc) is 2.44. The Kier molecular flexibility index (Phi) is 5.03. The van der Waals surface area contributed by atoms with Crippen molar-refractivity contribution in [2.75, 3.05) is 39.3 Å². The lowest BCUT2D eigenvalue weighted by atomic mass is 10.2. The van der Waals surface area contributed by atoms with Gasteiger partial charge in [0.05, 0.1) is 6.54 Å². The Hall–Kier alpha value is -1.75. The first-order valence-corrected chi connectivity index (χ1v) is 6.69. The Morgan fingerprint density at radius 3 is 2.95 bits per heavy atom. The van der Waals surface area contributed by atoms with Gasteiger partial charge in [-0.05, 0) is 24.6 Å². The molecule has 1 fully saturated rings. The topological polar surface area (TPSA) is 53.6 Å². The highest BCUT2D eigenvalue weighted by molar-refractivity contribution is 5.74. The van der Waals surface area contributed by atoms with Crippen molar-refractivity contribution < 1.29 is 9.53 Å². The van der Waals surface area contributed by atoms with E-state index < -0.39 is 0 Å². The largest absolute Gasteiger partial charge is 0.492 e. The fourth-order valence-corrected chi connectivity index (χ4v) is 2.01. The molecule has 0 atom stereocenters. The molecular weight excluding hydrogens is 242 g/mol. The van der Waals surface area contributed by atoms with Crippen molar-refractivity contribution in [3.63, 3.8) is 0 Å². The number of carbonyl (C=O) groups is 1. The number of hydrogen-bond donors (Lipinski definition) is 2. The van der Waals surface area contributed by atoms with Gasteiger partial charge in [0.1, 0.15) is 12.4 Å². The number of rotatable bonds is 4. The summed E-state index contributed by atoms with van der Waals surface area (Å²) in [5, 5.41) is 6.09. The normalized spacial score (nSPS) is 15.1. The molecule has 1 aliphatic heterocycles. The highest BCUT2D eigenvalue weighted by atomic mass is 16.5. The van der Waals surface area contributed by atoms with Crippen LogP contribution in [-0.2, 0) is 0 Å². The van der Waals surface area contributed by atoms with Crippen molar-refractivity contribution in [2.24, 2.45) is 0 Å². The number of benzene rings is 1. The Labute approximate surface area is 113 Å². The van der Waals surface area contributed by atoms with Crippen molar-refractivity contribution in [3.05, 3.63) is 29.8 Å². The molecule has 19 heavy (non-hydrogen) atoms. The van der Waals surface area contributed by atoms with Gasteiger partial charge in [-0.15, -0.1) is 0 Å². The molecule has 1 saturated heterocycles. The SMILES string of the molecule is Cc1cccc(OCCNC(=O)N2CCNCC2)c1. The van der Waals surface area contributed by atoms with Crippen LogP contribution in [0.2, 0.25) is 0 Å². The predicted molar refractivity (Wildman–Crippen MR) is 74.5 cm³/mol. The van der Waals surface area contributed by atoms with Gasteiger partial charge in [0, 0.05) is 26.2 Å². The predicted octanol–water partition coefficient (Wildman–Crippen LogP) is 0.989. The Balaban J connectivity index is 1.65. The van der Waals surface area contributed by atoms with Gasteiger partial charge in [-0.1, -0.05) is 12.1 Å². The van der Waals surface area contributed by atoms with Crippen molar-refractivity contribution in [2.45, 2.75) is 6.92 Å². The van der Waals surface area contributed by atoms with E-state index in [2.05, 4.69) is 10.6 Å². The fourth-order valence-electron chi connectivity index (χ4n) is 2.01. The summed E-state index contributed by atoms with van der Waals surface area (Å²) in [5.41, 5.74) is 1.17. The molecule has 0 aliphatic carbocycles. The second kappa shape index (κ2) is 6.99. The molecule has 0 unspecified atom stereocenters. The monoisotopic (exact) mass is 263 g/mol. The maximum absolute atomic E-state index is 11.8. The fraction of sp³-hybridized carbons (Fsp3) is 0.500. The van der Waals surface area contributed by atoms with E-state index in [0.29, 0.717) is 13.2 Å². The highest BCUT2D eigenvalue weighted by Crippen LogP contribution is 2.11. The molecule has 5 nitrogen and oxygen atoms in total. The van der Waals surface area contributed by atoms with Crippen molar-refractivity contribution in [3.8, 4) is 5.75 Å². The maximum Gasteiger partial charge on any atom is 0.317 e. The number of aryl methyl sites for hydroxylation is 1. The van der Waals surface area contributed by atoms with Crippen LogP contribution in [0, 0.1) is 6.92 Å². The molecule has 0 radical (unpaired) electrons. The zero-order valence-corrected chi connectivity index (χ0v) is 11.3. The van der Waals surface area contributed by atoms with Crippen molar-refractivity contribution in [1.29, 1.82) is 0 Å². The van der Waals surface area contributed by atoms with E-state index in [4.69, 9.17) is 4.74 Å². The Morgan fingerprint density at radius 1 is 1.42 bits per heavy atom. The van der Waals surface area contributed by atoms with Gasteiger partial charge in [0.15, 0.2) is 0 Å².